The summed E-state index contributed by atoms with van der Waals surface area (Å²) in [5.41, 5.74) is 2.17. The van der Waals surface area contributed by atoms with Gasteiger partial charge in [-0.3, -0.25) is 19.8 Å². The number of allylic oxidation sites excluding steroid dienone is 1. The molecular formula is C29H22Cl2N2O6S. The molecule has 1 saturated heterocycles. The summed E-state index contributed by atoms with van der Waals surface area (Å²) in [5, 5.41) is 11.8. The van der Waals surface area contributed by atoms with E-state index in [9.17, 15) is 14.4 Å². The molecule has 11 heteroatoms. The molecule has 1 fully saturated rings. The van der Waals surface area contributed by atoms with E-state index in [0.717, 1.165) is 10.5 Å². The molecule has 40 heavy (non-hydrogen) atoms. The molecule has 0 aliphatic carbocycles. The molecular weight excluding hydrogens is 575 g/mol. The van der Waals surface area contributed by atoms with E-state index in [1.165, 1.54) is 25.3 Å². The highest BCUT2D eigenvalue weighted by Gasteiger charge is 2.35. The van der Waals surface area contributed by atoms with Gasteiger partial charge in [0.05, 0.1) is 28.4 Å². The van der Waals surface area contributed by atoms with Crippen LogP contribution in [0.15, 0.2) is 72.8 Å². The predicted molar refractivity (Wildman–Crippen MR) is 157 cm³/mol. The van der Waals surface area contributed by atoms with Crippen LogP contribution in [0.1, 0.15) is 27.0 Å². The highest BCUT2D eigenvalue weighted by molar-refractivity contribution is 7.80. The molecule has 204 valence electrons. The van der Waals surface area contributed by atoms with Crippen molar-refractivity contribution in [1.82, 2.24) is 5.32 Å². The topological polar surface area (TPSA) is 105 Å². The van der Waals surface area contributed by atoms with Crippen molar-refractivity contribution in [3.8, 4) is 11.5 Å². The van der Waals surface area contributed by atoms with E-state index < -0.39 is 17.8 Å². The van der Waals surface area contributed by atoms with Crippen molar-refractivity contribution in [1.29, 1.82) is 0 Å². The zero-order valence-corrected chi connectivity index (χ0v) is 23.4. The Morgan fingerprint density at radius 2 is 1.88 bits per heavy atom. The maximum atomic E-state index is 13.5. The van der Waals surface area contributed by atoms with Gasteiger partial charge in [0, 0.05) is 5.56 Å². The second-order valence-corrected chi connectivity index (χ2v) is 9.70. The third-order valence-electron chi connectivity index (χ3n) is 5.91. The van der Waals surface area contributed by atoms with Gasteiger partial charge in [-0.05, 0) is 72.2 Å². The Kier molecular flexibility index (Phi) is 8.89. The van der Waals surface area contributed by atoms with E-state index in [1.54, 1.807) is 48.5 Å². The van der Waals surface area contributed by atoms with Crippen LogP contribution in [-0.4, -0.2) is 35.1 Å². The minimum Gasteiger partial charge on any atom is -0.493 e. The molecule has 0 atom stereocenters. The lowest BCUT2D eigenvalue weighted by Gasteiger charge is -2.29. The lowest BCUT2D eigenvalue weighted by molar-refractivity contribution is -0.122. The van der Waals surface area contributed by atoms with Crippen LogP contribution < -0.4 is 19.7 Å². The fourth-order valence-electron chi connectivity index (χ4n) is 4.00. The van der Waals surface area contributed by atoms with E-state index in [1.807, 2.05) is 0 Å². The maximum absolute atomic E-state index is 13.5. The lowest BCUT2D eigenvalue weighted by atomic mass is 10.0. The molecule has 0 saturated carbocycles. The molecule has 1 aliphatic rings. The third kappa shape index (κ3) is 6.02. The monoisotopic (exact) mass is 596 g/mol. The number of methoxy groups -OCH3 is 1. The van der Waals surface area contributed by atoms with Crippen LogP contribution in [-0.2, 0) is 22.6 Å². The normalized spacial score (nSPS) is 14.2. The Morgan fingerprint density at radius 3 is 2.52 bits per heavy atom. The van der Waals surface area contributed by atoms with Gasteiger partial charge in [0.1, 0.15) is 12.2 Å². The van der Waals surface area contributed by atoms with Gasteiger partial charge >= 0.3 is 5.97 Å². The Bertz CT molecular complexity index is 1570. The summed E-state index contributed by atoms with van der Waals surface area (Å²) in [4.78, 5) is 38.5. The van der Waals surface area contributed by atoms with Gasteiger partial charge in [-0.2, -0.15) is 0 Å². The number of halogens is 2. The first-order chi connectivity index (χ1) is 19.1. The molecule has 1 aliphatic heterocycles. The number of carbonyl (C=O) groups is 3. The van der Waals surface area contributed by atoms with Crippen LogP contribution in [0.25, 0.3) is 6.08 Å². The highest BCUT2D eigenvalue weighted by atomic mass is 35.5. The van der Waals surface area contributed by atoms with Crippen LogP contribution in [0.2, 0.25) is 10.0 Å². The number of thiocarbonyl (C=S) groups is 1. The largest absolute Gasteiger partial charge is 0.493 e. The zero-order valence-electron chi connectivity index (χ0n) is 21.1. The van der Waals surface area contributed by atoms with Crippen LogP contribution in [0.5, 0.6) is 11.5 Å². The molecule has 0 bridgehead atoms. The van der Waals surface area contributed by atoms with Crippen molar-refractivity contribution < 1.29 is 29.0 Å². The van der Waals surface area contributed by atoms with Crippen LogP contribution in [0, 0.1) is 0 Å². The van der Waals surface area contributed by atoms with Crippen LogP contribution >= 0.6 is 35.4 Å². The summed E-state index contributed by atoms with van der Waals surface area (Å²) in [6, 6.07) is 14.5. The van der Waals surface area contributed by atoms with E-state index >= 15 is 0 Å². The van der Waals surface area contributed by atoms with Crippen molar-refractivity contribution >= 4 is 70.1 Å². The van der Waals surface area contributed by atoms with E-state index in [2.05, 4.69) is 11.9 Å². The van der Waals surface area contributed by atoms with Gasteiger partial charge in [0.15, 0.2) is 16.6 Å². The first kappa shape index (κ1) is 28.8. The van der Waals surface area contributed by atoms with Crippen molar-refractivity contribution in [2.24, 2.45) is 0 Å². The van der Waals surface area contributed by atoms with Crippen LogP contribution in [0.4, 0.5) is 5.69 Å². The van der Waals surface area contributed by atoms with Crippen molar-refractivity contribution in [2.45, 2.75) is 13.0 Å². The molecule has 0 spiro atoms. The van der Waals surface area contributed by atoms with Gasteiger partial charge in [0.25, 0.3) is 11.8 Å². The van der Waals surface area contributed by atoms with Crippen molar-refractivity contribution in [3.05, 3.63) is 105 Å². The quantitative estimate of drug-likeness (QED) is 0.138. The molecule has 3 aromatic rings. The van der Waals surface area contributed by atoms with Gasteiger partial charge in [-0.15, -0.1) is 6.58 Å². The Morgan fingerprint density at radius 1 is 1.15 bits per heavy atom. The number of hydrogen-bond donors (Lipinski definition) is 2. The summed E-state index contributed by atoms with van der Waals surface area (Å²) in [6.07, 6.45) is 3.50. The van der Waals surface area contributed by atoms with Gasteiger partial charge < -0.3 is 14.6 Å². The van der Waals surface area contributed by atoms with Gasteiger partial charge in [-0.25, -0.2) is 4.79 Å². The first-order valence-electron chi connectivity index (χ1n) is 11.8. The molecule has 3 aromatic carbocycles. The average Bonchev–Trinajstić information content (AvgIpc) is 2.92. The number of carboxylic acid groups (broad SMARTS) is 1. The maximum Gasteiger partial charge on any atom is 0.335 e. The predicted octanol–water partition coefficient (Wildman–Crippen LogP) is 5.84. The molecule has 0 aromatic heterocycles. The molecule has 0 unspecified atom stereocenters. The Hall–Kier alpha value is -4.18. The third-order valence-corrected chi connectivity index (χ3v) is 7.00. The summed E-state index contributed by atoms with van der Waals surface area (Å²) in [7, 11) is 1.47. The lowest BCUT2D eigenvalue weighted by Crippen LogP contribution is -2.54. The number of nitrogens with zero attached hydrogens (tertiary/aromatic N) is 1. The number of benzene rings is 3. The Labute approximate surface area is 245 Å². The first-order valence-corrected chi connectivity index (χ1v) is 12.9. The van der Waals surface area contributed by atoms with Gasteiger partial charge in [-0.1, -0.05) is 47.5 Å². The molecule has 2 amide bonds. The Balaban J connectivity index is 1.69. The second-order valence-electron chi connectivity index (χ2n) is 8.53. The van der Waals surface area contributed by atoms with Crippen molar-refractivity contribution in [3.63, 3.8) is 0 Å². The van der Waals surface area contributed by atoms with Crippen LogP contribution in [0.3, 0.4) is 0 Å². The fraction of sp³-hybridized carbons (Fsp3) is 0.103. The number of aromatic carboxylic acids is 1. The molecule has 1 heterocycles. The SMILES string of the molecule is C=CCc1cc(/C=C2\C(=O)NC(=S)N(c3cccc(Cl)c3Cl)C2=O)cc(OC)c1OCc1ccc(C(=O)O)cc1. The zero-order chi connectivity index (χ0) is 29.0. The van der Waals surface area contributed by atoms with E-state index in [4.69, 9.17) is 50.0 Å². The molecule has 8 nitrogen and oxygen atoms in total. The van der Waals surface area contributed by atoms with Crippen molar-refractivity contribution in [2.75, 3.05) is 12.0 Å². The number of hydrogen-bond acceptors (Lipinski definition) is 6. The number of ether oxygens (including phenoxy) is 2. The number of rotatable bonds is 9. The highest BCUT2D eigenvalue weighted by Crippen LogP contribution is 2.37. The number of amides is 2. The number of anilines is 1. The van der Waals surface area contributed by atoms with Gasteiger partial charge in [0.2, 0.25) is 0 Å². The number of nitrogens with one attached hydrogen (secondary N) is 1. The number of carboxylic acids is 1. The van der Waals surface area contributed by atoms with E-state index in [0.29, 0.717) is 29.0 Å². The minimum atomic E-state index is -1.02. The summed E-state index contributed by atoms with van der Waals surface area (Å²) in [6.45, 7) is 3.95. The average molecular weight is 597 g/mol. The standard InChI is InChI=1S/C29H22Cl2N2O6S/c1-3-5-19-12-17(14-23(38-2)25(19)39-15-16-8-10-18(11-9-16)28(36)37)13-20-26(34)32-29(40)33(27(20)35)22-7-4-6-21(30)24(22)31/h3-4,6-14H,1,5,15H2,2H3,(H,36,37)(H,32,34,40)/b20-13+. The summed E-state index contributed by atoms with van der Waals surface area (Å²) < 4.78 is 11.6. The smallest absolute Gasteiger partial charge is 0.335 e. The molecule has 0 radical (unpaired) electrons. The minimum absolute atomic E-state index is 0.115. The summed E-state index contributed by atoms with van der Waals surface area (Å²) >= 11 is 17.7. The number of carbonyl (C=O) groups excluding carboxylic acids is 2. The second kappa shape index (κ2) is 12.3. The summed E-state index contributed by atoms with van der Waals surface area (Å²) in [5.74, 6) is -1.55. The molecule has 2 N–H and O–H groups in total. The molecule has 4 rings (SSSR count). The fourth-order valence-corrected chi connectivity index (χ4v) is 4.65. The van der Waals surface area contributed by atoms with E-state index in [-0.39, 0.29) is 38.6 Å².